The number of carbonyl (C=O) groups is 1. The van der Waals surface area contributed by atoms with E-state index in [2.05, 4.69) is 27.1 Å². The van der Waals surface area contributed by atoms with Crippen molar-refractivity contribution in [3.05, 3.63) is 58.3 Å². The number of hydrogen-bond acceptors (Lipinski definition) is 5. The number of carboxylic acid groups (broad SMARTS) is 1. The fraction of sp³-hybridized carbons (Fsp3) is 0.250. The number of aliphatic carboxylic acids is 1. The van der Waals surface area contributed by atoms with Crippen molar-refractivity contribution in [2.45, 2.75) is 19.5 Å². The molecule has 3 aromatic rings. The van der Waals surface area contributed by atoms with E-state index in [0.29, 0.717) is 18.0 Å². The molecule has 0 bridgehead atoms. The second-order valence-corrected chi connectivity index (χ2v) is 5.72. The molecule has 0 fully saturated rings. The summed E-state index contributed by atoms with van der Waals surface area (Å²) in [6.07, 6.45) is 3.93. The van der Waals surface area contributed by atoms with Gasteiger partial charge in [-0.25, -0.2) is 18.9 Å². The van der Waals surface area contributed by atoms with Crippen molar-refractivity contribution in [2.75, 3.05) is 11.4 Å². The van der Waals surface area contributed by atoms with E-state index in [0.717, 1.165) is 17.6 Å². The van der Waals surface area contributed by atoms with Crippen molar-refractivity contribution >= 4 is 17.4 Å². The van der Waals surface area contributed by atoms with Gasteiger partial charge in [-0.1, -0.05) is 24.3 Å². The van der Waals surface area contributed by atoms with Crippen LogP contribution in [-0.4, -0.2) is 36.8 Å². The standard InChI is InChI=1S/C16H15N5O3/c22-13(23)10-21-16(24)20-8-6-17-14(15(20)18-21)19-7-5-11-3-1-2-4-12(11)9-19/h1-4,6,8H,5,7,9-10H2,(H,22,23). The summed E-state index contributed by atoms with van der Waals surface area (Å²) < 4.78 is 2.28. The van der Waals surface area contributed by atoms with Crippen molar-refractivity contribution < 1.29 is 9.90 Å². The Morgan fingerprint density at radius 2 is 2.04 bits per heavy atom. The number of hydrogen-bond donors (Lipinski definition) is 1. The predicted molar refractivity (Wildman–Crippen MR) is 86.1 cm³/mol. The van der Waals surface area contributed by atoms with Gasteiger partial charge in [-0.15, -0.1) is 5.10 Å². The highest BCUT2D eigenvalue weighted by Crippen LogP contribution is 2.24. The number of rotatable bonds is 3. The third-order valence-corrected chi connectivity index (χ3v) is 4.20. The van der Waals surface area contributed by atoms with Crippen LogP contribution >= 0.6 is 0 Å². The lowest BCUT2D eigenvalue weighted by molar-refractivity contribution is -0.137. The molecule has 0 radical (unpaired) electrons. The summed E-state index contributed by atoms with van der Waals surface area (Å²) >= 11 is 0. The number of aromatic nitrogens is 4. The number of carboxylic acids is 1. The Bertz CT molecular complexity index is 991. The van der Waals surface area contributed by atoms with E-state index in [1.165, 1.54) is 27.9 Å². The van der Waals surface area contributed by atoms with Crippen LogP contribution in [0.25, 0.3) is 5.65 Å². The average molecular weight is 325 g/mol. The smallest absolute Gasteiger partial charge is 0.351 e. The van der Waals surface area contributed by atoms with Gasteiger partial charge in [0.2, 0.25) is 5.65 Å². The van der Waals surface area contributed by atoms with Gasteiger partial charge < -0.3 is 10.0 Å². The Labute approximate surface area is 136 Å². The summed E-state index contributed by atoms with van der Waals surface area (Å²) in [4.78, 5) is 29.6. The lowest BCUT2D eigenvalue weighted by Crippen LogP contribution is -2.31. The summed E-state index contributed by atoms with van der Waals surface area (Å²) in [6, 6.07) is 8.23. The van der Waals surface area contributed by atoms with Gasteiger partial charge in [0.1, 0.15) is 6.54 Å². The third-order valence-electron chi connectivity index (χ3n) is 4.20. The first-order chi connectivity index (χ1) is 11.6. The highest BCUT2D eigenvalue weighted by atomic mass is 16.4. The van der Waals surface area contributed by atoms with Gasteiger partial charge in [0.05, 0.1) is 0 Å². The van der Waals surface area contributed by atoms with E-state index in [4.69, 9.17) is 5.11 Å². The molecule has 1 aliphatic heterocycles. The zero-order chi connectivity index (χ0) is 16.7. The molecule has 8 nitrogen and oxygen atoms in total. The van der Waals surface area contributed by atoms with Gasteiger partial charge in [-0.2, -0.15) is 0 Å². The second kappa shape index (κ2) is 5.48. The minimum Gasteiger partial charge on any atom is -0.480 e. The van der Waals surface area contributed by atoms with Crippen LogP contribution in [0.1, 0.15) is 11.1 Å². The maximum absolute atomic E-state index is 12.3. The molecular formula is C16H15N5O3. The molecule has 1 N–H and O–H groups in total. The van der Waals surface area contributed by atoms with Crippen molar-refractivity contribution in [1.29, 1.82) is 0 Å². The summed E-state index contributed by atoms with van der Waals surface area (Å²) in [7, 11) is 0. The maximum atomic E-state index is 12.3. The normalized spacial score (nSPS) is 13.9. The highest BCUT2D eigenvalue weighted by molar-refractivity contribution is 5.67. The second-order valence-electron chi connectivity index (χ2n) is 5.72. The fourth-order valence-corrected chi connectivity index (χ4v) is 3.07. The van der Waals surface area contributed by atoms with Gasteiger partial charge in [0.25, 0.3) is 0 Å². The molecule has 4 rings (SSSR count). The summed E-state index contributed by atoms with van der Waals surface area (Å²) in [6.45, 7) is 0.981. The van der Waals surface area contributed by atoms with E-state index >= 15 is 0 Å². The first-order valence-corrected chi connectivity index (χ1v) is 7.61. The Balaban J connectivity index is 1.78. The van der Waals surface area contributed by atoms with Gasteiger partial charge in [-0.3, -0.25) is 4.79 Å². The van der Waals surface area contributed by atoms with Crippen molar-refractivity contribution in [1.82, 2.24) is 19.2 Å². The van der Waals surface area contributed by atoms with Gasteiger partial charge in [-0.05, 0) is 17.5 Å². The number of fused-ring (bicyclic) bond motifs is 2. The molecular weight excluding hydrogens is 310 g/mol. The van der Waals surface area contributed by atoms with Crippen LogP contribution in [0, 0.1) is 0 Å². The minimum absolute atomic E-state index is 0.378. The molecule has 122 valence electrons. The van der Waals surface area contributed by atoms with Crippen LogP contribution in [0.3, 0.4) is 0 Å². The Kier molecular flexibility index (Phi) is 3.30. The zero-order valence-corrected chi connectivity index (χ0v) is 12.8. The Morgan fingerprint density at radius 1 is 1.25 bits per heavy atom. The molecule has 0 unspecified atom stereocenters. The molecule has 0 saturated carbocycles. The Morgan fingerprint density at radius 3 is 2.83 bits per heavy atom. The molecule has 0 aliphatic carbocycles. The monoisotopic (exact) mass is 325 g/mol. The molecule has 3 heterocycles. The molecule has 8 heteroatoms. The molecule has 1 aromatic carbocycles. The van der Waals surface area contributed by atoms with E-state index in [1.54, 1.807) is 0 Å². The largest absolute Gasteiger partial charge is 0.480 e. The van der Waals surface area contributed by atoms with Crippen LogP contribution < -0.4 is 10.6 Å². The van der Waals surface area contributed by atoms with E-state index < -0.39 is 18.2 Å². The molecule has 0 spiro atoms. The lowest BCUT2D eigenvalue weighted by Gasteiger charge is -2.29. The molecule has 0 saturated heterocycles. The van der Waals surface area contributed by atoms with Gasteiger partial charge in [0, 0.05) is 25.5 Å². The zero-order valence-electron chi connectivity index (χ0n) is 12.8. The molecule has 24 heavy (non-hydrogen) atoms. The summed E-state index contributed by atoms with van der Waals surface area (Å²) in [5.41, 5.74) is 2.44. The minimum atomic E-state index is -1.11. The number of benzene rings is 1. The fourth-order valence-electron chi connectivity index (χ4n) is 3.07. The maximum Gasteiger partial charge on any atom is 0.351 e. The lowest BCUT2D eigenvalue weighted by atomic mass is 10.00. The van der Waals surface area contributed by atoms with Gasteiger partial charge in [0.15, 0.2) is 5.82 Å². The first-order valence-electron chi connectivity index (χ1n) is 7.61. The number of anilines is 1. The Hall–Kier alpha value is -3.16. The summed E-state index contributed by atoms with van der Waals surface area (Å²) in [5, 5.41) is 13.1. The van der Waals surface area contributed by atoms with Crippen LogP contribution in [-0.2, 0) is 24.3 Å². The third kappa shape index (κ3) is 2.32. The van der Waals surface area contributed by atoms with E-state index in [9.17, 15) is 9.59 Å². The quantitative estimate of drug-likeness (QED) is 0.755. The number of nitrogens with zero attached hydrogens (tertiary/aromatic N) is 5. The van der Waals surface area contributed by atoms with Gasteiger partial charge >= 0.3 is 11.7 Å². The van der Waals surface area contributed by atoms with Crippen LogP contribution in [0.5, 0.6) is 0 Å². The SMILES string of the molecule is O=C(O)Cn1nc2c(N3CCc4ccccc4C3)nccn2c1=O. The van der Waals surface area contributed by atoms with Crippen molar-refractivity contribution in [3.8, 4) is 0 Å². The van der Waals surface area contributed by atoms with E-state index in [1.807, 2.05) is 12.1 Å². The average Bonchev–Trinajstić information content (AvgIpc) is 2.90. The van der Waals surface area contributed by atoms with Crippen molar-refractivity contribution in [2.24, 2.45) is 0 Å². The van der Waals surface area contributed by atoms with Crippen LogP contribution in [0.4, 0.5) is 5.82 Å². The predicted octanol–water partition coefficient (Wildman–Crippen LogP) is 0.538. The summed E-state index contributed by atoms with van der Waals surface area (Å²) in [5.74, 6) is -0.518. The topological polar surface area (TPSA) is 92.7 Å². The molecule has 2 aromatic heterocycles. The van der Waals surface area contributed by atoms with Crippen LogP contribution in [0.15, 0.2) is 41.5 Å². The van der Waals surface area contributed by atoms with Crippen molar-refractivity contribution in [3.63, 3.8) is 0 Å². The molecule has 0 atom stereocenters. The highest BCUT2D eigenvalue weighted by Gasteiger charge is 2.21. The molecule has 0 amide bonds. The first kappa shape index (κ1) is 14.4. The molecule has 1 aliphatic rings. The van der Waals surface area contributed by atoms with Crippen LogP contribution in [0.2, 0.25) is 0 Å². The van der Waals surface area contributed by atoms with E-state index in [-0.39, 0.29) is 0 Å².